The fourth-order valence-corrected chi connectivity index (χ4v) is 3.04. The molecule has 6 heteroatoms. The van der Waals surface area contributed by atoms with Gasteiger partial charge in [-0.15, -0.1) is 0 Å². The number of hydrogen-bond donors (Lipinski definition) is 2. The highest BCUT2D eigenvalue weighted by Gasteiger charge is 2.23. The van der Waals surface area contributed by atoms with Gasteiger partial charge in [0.25, 0.3) is 0 Å². The molecule has 0 radical (unpaired) electrons. The number of aryl methyl sites for hydroxylation is 1. The lowest BCUT2D eigenvalue weighted by molar-refractivity contribution is 0.0901. The van der Waals surface area contributed by atoms with E-state index in [1.165, 1.54) is 5.56 Å². The van der Waals surface area contributed by atoms with E-state index in [0.717, 1.165) is 31.5 Å². The van der Waals surface area contributed by atoms with Crippen LogP contribution < -0.4 is 5.69 Å². The maximum Gasteiger partial charge on any atom is 0.343 e. The second kappa shape index (κ2) is 6.46. The normalized spacial score (nSPS) is 18.5. The summed E-state index contributed by atoms with van der Waals surface area (Å²) >= 11 is 0. The van der Waals surface area contributed by atoms with Crippen molar-refractivity contribution in [2.45, 2.75) is 31.9 Å². The minimum absolute atomic E-state index is 0.141. The van der Waals surface area contributed by atoms with E-state index in [9.17, 15) is 9.90 Å². The van der Waals surface area contributed by atoms with Gasteiger partial charge in [-0.1, -0.05) is 29.8 Å². The minimum atomic E-state index is -0.464. The number of nitrogens with zero attached hydrogens (tertiary/aromatic N) is 3. The molecule has 1 saturated heterocycles. The van der Waals surface area contributed by atoms with Crippen LogP contribution in [0, 0.1) is 6.92 Å². The average Bonchev–Trinajstić information content (AvgIpc) is 2.95. The number of aromatic nitrogens is 3. The Labute approximate surface area is 129 Å². The van der Waals surface area contributed by atoms with Gasteiger partial charge >= 0.3 is 5.69 Å². The summed E-state index contributed by atoms with van der Waals surface area (Å²) in [5, 5.41) is 16.6. The topological polar surface area (TPSA) is 74.2 Å². The molecule has 0 aliphatic carbocycles. The van der Waals surface area contributed by atoms with Crippen molar-refractivity contribution in [3.63, 3.8) is 0 Å². The molecular weight excluding hydrogens is 280 g/mol. The lowest BCUT2D eigenvalue weighted by Gasteiger charge is -2.33. The van der Waals surface area contributed by atoms with Crippen molar-refractivity contribution in [3.05, 3.63) is 52.2 Å². The third kappa shape index (κ3) is 3.28. The van der Waals surface area contributed by atoms with Gasteiger partial charge in [-0.2, -0.15) is 5.10 Å². The fraction of sp³-hybridized carbons (Fsp3) is 0.500. The Morgan fingerprint density at radius 3 is 2.59 bits per heavy atom. The molecular formula is C16H22N4O2. The summed E-state index contributed by atoms with van der Waals surface area (Å²) in [4.78, 5) is 13.8. The number of piperidine rings is 1. The molecule has 2 heterocycles. The van der Waals surface area contributed by atoms with E-state index >= 15 is 0 Å². The van der Waals surface area contributed by atoms with E-state index in [-0.39, 0.29) is 11.7 Å². The maximum absolute atomic E-state index is 11.6. The van der Waals surface area contributed by atoms with Gasteiger partial charge in [0, 0.05) is 25.7 Å². The number of nitrogens with one attached hydrogen (secondary N) is 1. The monoisotopic (exact) mass is 302 g/mol. The highest BCUT2D eigenvalue weighted by atomic mass is 16.3. The van der Waals surface area contributed by atoms with Crippen molar-refractivity contribution >= 4 is 0 Å². The Kier molecular flexibility index (Phi) is 4.40. The summed E-state index contributed by atoms with van der Waals surface area (Å²) in [6, 6.07) is 8.22. The number of H-pyrrole nitrogens is 1. The summed E-state index contributed by atoms with van der Waals surface area (Å²) in [5.41, 5.74) is 2.01. The molecule has 0 bridgehead atoms. The minimum Gasteiger partial charge on any atom is -0.387 e. The number of aromatic amines is 1. The van der Waals surface area contributed by atoms with Crippen LogP contribution >= 0.6 is 0 Å². The zero-order valence-electron chi connectivity index (χ0n) is 12.8. The third-order valence-electron chi connectivity index (χ3n) is 4.42. The van der Waals surface area contributed by atoms with Crippen LogP contribution in [0.1, 0.15) is 36.1 Å². The van der Waals surface area contributed by atoms with Crippen LogP contribution in [0.5, 0.6) is 0 Å². The second-order valence-corrected chi connectivity index (χ2v) is 6.03. The molecule has 6 nitrogen and oxygen atoms in total. The fourth-order valence-electron chi connectivity index (χ4n) is 3.04. The van der Waals surface area contributed by atoms with Gasteiger partial charge in [-0.05, 0) is 25.3 Å². The van der Waals surface area contributed by atoms with Crippen LogP contribution in [0.15, 0.2) is 35.4 Å². The molecule has 1 unspecified atom stereocenters. The molecule has 1 aliphatic heterocycles. The van der Waals surface area contributed by atoms with Crippen molar-refractivity contribution in [2.24, 2.45) is 0 Å². The molecule has 1 fully saturated rings. The molecule has 0 spiro atoms. The van der Waals surface area contributed by atoms with Gasteiger partial charge < -0.3 is 10.0 Å². The number of aliphatic hydroxyl groups is 1. The summed E-state index contributed by atoms with van der Waals surface area (Å²) in [6.07, 6.45) is 2.91. The number of rotatable bonds is 4. The lowest BCUT2D eigenvalue weighted by atomic mass is 10.0. The molecule has 0 saturated carbocycles. The van der Waals surface area contributed by atoms with Crippen LogP contribution in [-0.4, -0.2) is 44.4 Å². The summed E-state index contributed by atoms with van der Waals surface area (Å²) in [5.74, 6) is 0. The van der Waals surface area contributed by atoms with Crippen LogP contribution in [0.25, 0.3) is 0 Å². The number of hydrogen-bond acceptors (Lipinski definition) is 4. The van der Waals surface area contributed by atoms with Crippen molar-refractivity contribution < 1.29 is 5.11 Å². The molecule has 1 aliphatic rings. The summed E-state index contributed by atoms with van der Waals surface area (Å²) in [6.45, 7) is 4.44. The van der Waals surface area contributed by atoms with Gasteiger partial charge in [0.1, 0.15) is 6.33 Å². The lowest BCUT2D eigenvalue weighted by Crippen LogP contribution is -2.38. The Morgan fingerprint density at radius 1 is 1.32 bits per heavy atom. The SMILES string of the molecule is Cc1ccc(C(O)CN2CCC(n3cn[nH]c3=O)CC2)cc1. The quantitative estimate of drug-likeness (QED) is 0.891. The second-order valence-electron chi connectivity index (χ2n) is 6.03. The number of β-amino-alcohol motifs (C(OH)–C–C–N with tert-alkyl or cyclic N) is 1. The van der Waals surface area contributed by atoms with Gasteiger partial charge in [0.2, 0.25) is 0 Å². The van der Waals surface area contributed by atoms with Gasteiger partial charge in [0.05, 0.1) is 6.10 Å². The Morgan fingerprint density at radius 2 is 2.00 bits per heavy atom. The van der Waals surface area contributed by atoms with Gasteiger partial charge in [0.15, 0.2) is 0 Å². The molecule has 0 amide bonds. The first-order valence-corrected chi connectivity index (χ1v) is 7.72. The van der Waals surface area contributed by atoms with Crippen LogP contribution in [0.2, 0.25) is 0 Å². The Balaban J connectivity index is 1.54. The predicted octanol–water partition coefficient (Wildman–Crippen LogP) is 1.25. The molecule has 2 aromatic rings. The molecule has 3 rings (SSSR count). The zero-order chi connectivity index (χ0) is 15.5. The van der Waals surface area contributed by atoms with Gasteiger partial charge in [-0.3, -0.25) is 4.57 Å². The third-order valence-corrected chi connectivity index (χ3v) is 4.42. The predicted molar refractivity (Wildman–Crippen MR) is 83.7 cm³/mol. The molecule has 22 heavy (non-hydrogen) atoms. The molecule has 1 aromatic carbocycles. The van der Waals surface area contributed by atoms with E-state index in [4.69, 9.17) is 0 Å². The van der Waals surface area contributed by atoms with E-state index in [1.807, 2.05) is 31.2 Å². The first kappa shape index (κ1) is 15.0. The van der Waals surface area contributed by atoms with Crippen molar-refractivity contribution in [3.8, 4) is 0 Å². The highest BCUT2D eigenvalue weighted by Crippen LogP contribution is 2.23. The van der Waals surface area contributed by atoms with E-state index in [2.05, 4.69) is 15.1 Å². The largest absolute Gasteiger partial charge is 0.387 e. The Bertz CT molecular complexity index is 653. The Hall–Kier alpha value is -1.92. The highest BCUT2D eigenvalue weighted by molar-refractivity contribution is 5.23. The molecule has 1 atom stereocenters. The summed E-state index contributed by atoms with van der Waals surface area (Å²) < 4.78 is 1.67. The number of benzene rings is 1. The van der Waals surface area contributed by atoms with E-state index < -0.39 is 6.10 Å². The van der Waals surface area contributed by atoms with Crippen LogP contribution in [-0.2, 0) is 0 Å². The molecule has 118 valence electrons. The smallest absolute Gasteiger partial charge is 0.343 e. The standard InChI is InChI=1S/C16H22N4O2/c1-12-2-4-13(5-3-12)15(21)10-19-8-6-14(7-9-19)20-11-17-18-16(20)22/h2-5,11,14-15,21H,6-10H2,1H3,(H,18,22). The molecule has 1 aromatic heterocycles. The van der Waals surface area contributed by atoms with Gasteiger partial charge in [-0.25, -0.2) is 9.89 Å². The zero-order valence-corrected chi connectivity index (χ0v) is 12.8. The summed E-state index contributed by atoms with van der Waals surface area (Å²) in [7, 11) is 0. The van der Waals surface area contributed by atoms with E-state index in [1.54, 1.807) is 10.9 Å². The van der Waals surface area contributed by atoms with Crippen LogP contribution in [0.4, 0.5) is 0 Å². The van der Waals surface area contributed by atoms with Crippen molar-refractivity contribution in [2.75, 3.05) is 19.6 Å². The molecule has 2 N–H and O–H groups in total. The first-order valence-electron chi connectivity index (χ1n) is 7.72. The van der Waals surface area contributed by atoms with Crippen molar-refractivity contribution in [1.82, 2.24) is 19.7 Å². The van der Waals surface area contributed by atoms with Crippen LogP contribution in [0.3, 0.4) is 0 Å². The number of likely N-dealkylation sites (tertiary alicyclic amines) is 1. The van der Waals surface area contributed by atoms with E-state index in [0.29, 0.717) is 6.54 Å². The van der Waals surface area contributed by atoms with Crippen molar-refractivity contribution in [1.29, 1.82) is 0 Å². The average molecular weight is 302 g/mol. The maximum atomic E-state index is 11.6. The first-order chi connectivity index (χ1) is 10.6. The number of aliphatic hydroxyl groups excluding tert-OH is 1.